The van der Waals surface area contributed by atoms with Crippen molar-refractivity contribution in [3.63, 3.8) is 0 Å². The molecule has 0 saturated carbocycles. The molecule has 0 aliphatic rings. The van der Waals surface area contributed by atoms with Gasteiger partial charge in [-0.05, 0) is 19.9 Å². The largest absolute Gasteiger partial charge is 0.245 e. The maximum Gasteiger partial charge on any atom is 0.179 e. The number of halogens is 1. The summed E-state index contributed by atoms with van der Waals surface area (Å²) in [5.41, 5.74) is 2.44. The van der Waals surface area contributed by atoms with Crippen molar-refractivity contribution in [2.24, 2.45) is 0 Å². The zero-order valence-electron chi connectivity index (χ0n) is 8.40. The van der Waals surface area contributed by atoms with Gasteiger partial charge >= 0.3 is 0 Å². The molecule has 76 valence electrons. The Morgan fingerprint density at radius 3 is 2.60 bits per heavy atom. The van der Waals surface area contributed by atoms with Gasteiger partial charge in [0.15, 0.2) is 5.82 Å². The quantitative estimate of drug-likeness (QED) is 0.692. The van der Waals surface area contributed by atoms with Crippen LogP contribution in [-0.2, 0) is 0 Å². The molecule has 0 aliphatic carbocycles. The van der Waals surface area contributed by atoms with Crippen LogP contribution in [0.4, 0.5) is 0 Å². The third-order valence-corrected chi connectivity index (χ3v) is 2.51. The Labute approximate surface area is 92.4 Å². The van der Waals surface area contributed by atoms with Crippen molar-refractivity contribution >= 4 is 11.6 Å². The van der Waals surface area contributed by atoms with Gasteiger partial charge in [0.25, 0.3) is 0 Å². The molecular weight excluding hydrogens is 212 g/mol. The van der Waals surface area contributed by atoms with Gasteiger partial charge in [0.05, 0.1) is 0 Å². The Hall–Kier alpha value is -1.55. The van der Waals surface area contributed by atoms with E-state index in [9.17, 15) is 0 Å². The fourth-order valence-corrected chi connectivity index (χ4v) is 1.35. The molecule has 0 spiro atoms. The lowest BCUT2D eigenvalue weighted by Crippen LogP contribution is -1.97. The minimum absolute atomic E-state index is 0.469. The Morgan fingerprint density at radius 2 is 2.00 bits per heavy atom. The monoisotopic (exact) mass is 220 g/mol. The summed E-state index contributed by atoms with van der Waals surface area (Å²) in [4.78, 5) is 16.4. The van der Waals surface area contributed by atoms with E-state index >= 15 is 0 Å². The minimum Gasteiger partial charge on any atom is -0.245 e. The molecular formula is C10H9ClN4. The average Bonchev–Trinajstić information content (AvgIpc) is 2.26. The predicted molar refractivity (Wildman–Crippen MR) is 57.5 cm³/mol. The standard InChI is InChI=1S/C10H9ClN4/c1-6-7(2)14-10(15-9(6)11)8-3-4-12-5-13-8/h3-5H,1-2H3. The molecule has 0 amide bonds. The summed E-state index contributed by atoms with van der Waals surface area (Å²) < 4.78 is 0. The van der Waals surface area contributed by atoms with Gasteiger partial charge in [0, 0.05) is 17.5 Å². The van der Waals surface area contributed by atoms with Crippen molar-refractivity contribution in [1.29, 1.82) is 0 Å². The molecule has 0 aliphatic heterocycles. The smallest absolute Gasteiger partial charge is 0.179 e. The van der Waals surface area contributed by atoms with Crippen LogP contribution in [0.25, 0.3) is 11.5 Å². The van der Waals surface area contributed by atoms with Gasteiger partial charge < -0.3 is 0 Å². The highest BCUT2D eigenvalue weighted by molar-refractivity contribution is 6.30. The molecule has 0 fully saturated rings. The molecule has 5 heteroatoms. The second-order valence-electron chi connectivity index (χ2n) is 3.14. The lowest BCUT2D eigenvalue weighted by Gasteiger charge is -2.04. The third-order valence-electron chi connectivity index (χ3n) is 2.14. The van der Waals surface area contributed by atoms with Crippen molar-refractivity contribution in [2.45, 2.75) is 13.8 Å². The van der Waals surface area contributed by atoms with Gasteiger partial charge in [-0.1, -0.05) is 11.6 Å². The first-order valence-corrected chi connectivity index (χ1v) is 4.83. The molecule has 0 bridgehead atoms. The van der Waals surface area contributed by atoms with Crippen LogP contribution in [0.15, 0.2) is 18.6 Å². The zero-order valence-corrected chi connectivity index (χ0v) is 9.15. The first kappa shape index (κ1) is 9.98. The number of nitrogens with zero attached hydrogens (tertiary/aromatic N) is 4. The molecule has 0 aromatic carbocycles. The van der Waals surface area contributed by atoms with Crippen molar-refractivity contribution in [3.05, 3.63) is 35.0 Å². The molecule has 0 atom stereocenters. The van der Waals surface area contributed by atoms with Crippen molar-refractivity contribution in [1.82, 2.24) is 19.9 Å². The molecule has 0 unspecified atom stereocenters. The van der Waals surface area contributed by atoms with Gasteiger partial charge in [-0.15, -0.1) is 0 Å². The molecule has 0 radical (unpaired) electrons. The Morgan fingerprint density at radius 1 is 1.20 bits per heavy atom. The highest BCUT2D eigenvalue weighted by Gasteiger charge is 2.08. The minimum atomic E-state index is 0.469. The number of hydrogen-bond acceptors (Lipinski definition) is 4. The lowest BCUT2D eigenvalue weighted by atomic mass is 10.2. The first-order valence-electron chi connectivity index (χ1n) is 4.45. The average molecular weight is 221 g/mol. The zero-order chi connectivity index (χ0) is 10.8. The Balaban J connectivity index is 2.56. The van der Waals surface area contributed by atoms with E-state index in [4.69, 9.17) is 11.6 Å². The van der Waals surface area contributed by atoms with Gasteiger partial charge in [0.2, 0.25) is 0 Å². The van der Waals surface area contributed by atoms with E-state index in [1.807, 2.05) is 13.8 Å². The highest BCUT2D eigenvalue weighted by atomic mass is 35.5. The molecule has 0 N–H and O–H groups in total. The van der Waals surface area contributed by atoms with E-state index < -0.39 is 0 Å². The van der Waals surface area contributed by atoms with Crippen LogP contribution >= 0.6 is 11.6 Å². The summed E-state index contributed by atoms with van der Waals surface area (Å²) in [7, 11) is 0. The predicted octanol–water partition coefficient (Wildman–Crippen LogP) is 2.20. The maximum absolute atomic E-state index is 5.97. The van der Waals surface area contributed by atoms with E-state index in [2.05, 4.69) is 19.9 Å². The second kappa shape index (κ2) is 3.90. The van der Waals surface area contributed by atoms with Crippen LogP contribution < -0.4 is 0 Å². The van der Waals surface area contributed by atoms with Crippen molar-refractivity contribution in [3.8, 4) is 11.5 Å². The van der Waals surface area contributed by atoms with Crippen LogP contribution in [0.3, 0.4) is 0 Å². The van der Waals surface area contributed by atoms with E-state index in [0.29, 0.717) is 16.7 Å². The summed E-state index contributed by atoms with van der Waals surface area (Å²) in [5.74, 6) is 0.533. The number of aromatic nitrogens is 4. The molecule has 2 heterocycles. The van der Waals surface area contributed by atoms with Gasteiger partial charge in [-0.25, -0.2) is 19.9 Å². The second-order valence-corrected chi connectivity index (χ2v) is 3.50. The van der Waals surface area contributed by atoms with Gasteiger partial charge in [-0.2, -0.15) is 0 Å². The van der Waals surface area contributed by atoms with Gasteiger partial charge in [0.1, 0.15) is 17.2 Å². The fourth-order valence-electron chi connectivity index (χ4n) is 1.13. The summed E-state index contributed by atoms with van der Waals surface area (Å²) >= 11 is 5.97. The normalized spacial score (nSPS) is 10.3. The van der Waals surface area contributed by atoms with Crippen molar-refractivity contribution in [2.75, 3.05) is 0 Å². The number of hydrogen-bond donors (Lipinski definition) is 0. The van der Waals surface area contributed by atoms with Crippen LogP contribution in [0.5, 0.6) is 0 Å². The maximum atomic E-state index is 5.97. The molecule has 4 nitrogen and oxygen atoms in total. The third kappa shape index (κ3) is 1.94. The summed E-state index contributed by atoms with van der Waals surface area (Å²) in [6, 6.07) is 1.75. The van der Waals surface area contributed by atoms with Crippen molar-refractivity contribution < 1.29 is 0 Å². The number of aryl methyl sites for hydroxylation is 1. The molecule has 2 aromatic heterocycles. The van der Waals surface area contributed by atoms with E-state index in [1.54, 1.807) is 12.3 Å². The topological polar surface area (TPSA) is 51.6 Å². The SMILES string of the molecule is Cc1nc(-c2ccncn2)nc(Cl)c1C. The molecule has 0 saturated heterocycles. The van der Waals surface area contributed by atoms with Crippen LogP contribution in [-0.4, -0.2) is 19.9 Å². The molecule has 2 rings (SSSR count). The Bertz CT molecular complexity index is 461. The molecule has 15 heavy (non-hydrogen) atoms. The van der Waals surface area contributed by atoms with Crippen LogP contribution in [0.1, 0.15) is 11.3 Å². The van der Waals surface area contributed by atoms with Crippen LogP contribution in [0, 0.1) is 13.8 Å². The molecule has 2 aromatic rings. The van der Waals surface area contributed by atoms with Gasteiger partial charge in [-0.3, -0.25) is 0 Å². The first-order chi connectivity index (χ1) is 7.18. The Kier molecular flexibility index (Phi) is 2.60. The lowest BCUT2D eigenvalue weighted by molar-refractivity contribution is 1.04. The van der Waals surface area contributed by atoms with E-state index in [-0.39, 0.29) is 0 Å². The van der Waals surface area contributed by atoms with Crippen LogP contribution in [0.2, 0.25) is 5.15 Å². The fraction of sp³-hybridized carbons (Fsp3) is 0.200. The van der Waals surface area contributed by atoms with E-state index in [1.165, 1.54) is 6.33 Å². The highest BCUT2D eigenvalue weighted by Crippen LogP contribution is 2.19. The number of rotatable bonds is 1. The summed E-state index contributed by atoms with van der Waals surface area (Å²) in [6.45, 7) is 3.79. The summed E-state index contributed by atoms with van der Waals surface area (Å²) in [6.07, 6.45) is 3.11. The summed E-state index contributed by atoms with van der Waals surface area (Å²) in [5, 5.41) is 0.469. The van der Waals surface area contributed by atoms with E-state index in [0.717, 1.165) is 11.3 Å².